The first kappa shape index (κ1) is 14.7. The van der Waals surface area contributed by atoms with Crippen molar-refractivity contribution in [1.82, 2.24) is 0 Å². The number of hydrogen-bond acceptors (Lipinski definition) is 3. The zero-order chi connectivity index (χ0) is 16.5. The predicted molar refractivity (Wildman–Crippen MR) is 95.3 cm³/mol. The highest BCUT2D eigenvalue weighted by atomic mass is 32.1. The van der Waals surface area contributed by atoms with Gasteiger partial charge in [0, 0.05) is 27.0 Å². The lowest BCUT2D eigenvalue weighted by Crippen LogP contribution is -2.13. The molecule has 0 radical (unpaired) electrons. The van der Waals surface area contributed by atoms with Crippen molar-refractivity contribution >= 4 is 23.4 Å². The summed E-state index contributed by atoms with van der Waals surface area (Å²) >= 11 is 1.59. The number of benzene rings is 2. The molecule has 0 amide bonds. The van der Waals surface area contributed by atoms with Crippen LogP contribution in [0.2, 0.25) is 0 Å². The Morgan fingerprint density at radius 3 is 2.62 bits per heavy atom. The summed E-state index contributed by atoms with van der Waals surface area (Å²) in [5.74, 6) is -0.0906. The first-order valence-corrected chi connectivity index (χ1v) is 8.40. The van der Waals surface area contributed by atoms with E-state index in [9.17, 15) is 4.79 Å². The van der Waals surface area contributed by atoms with Crippen molar-refractivity contribution in [3.63, 3.8) is 0 Å². The van der Waals surface area contributed by atoms with E-state index in [0.717, 1.165) is 32.2 Å². The van der Waals surface area contributed by atoms with E-state index < -0.39 is 5.97 Å². The molecule has 2 heterocycles. The Hall–Kier alpha value is -2.85. The average molecular weight is 334 g/mol. The van der Waals surface area contributed by atoms with Crippen LogP contribution in [-0.4, -0.2) is 11.1 Å². The molecule has 2 aromatic carbocycles. The quantitative estimate of drug-likeness (QED) is 0.686. The largest absolute Gasteiger partial charge is 0.480 e. The molecular weight excluding hydrogens is 320 g/mol. The Morgan fingerprint density at radius 2 is 1.83 bits per heavy atom. The summed E-state index contributed by atoms with van der Waals surface area (Å²) in [7, 11) is 0. The van der Waals surface area contributed by atoms with Gasteiger partial charge in [0.1, 0.15) is 5.75 Å². The summed E-state index contributed by atoms with van der Waals surface area (Å²) in [6.45, 7) is 0. The summed E-state index contributed by atoms with van der Waals surface area (Å²) in [4.78, 5) is 12.8. The molecule has 1 aliphatic rings. The molecule has 1 unspecified atom stereocenters. The number of carbonyl (C=O) groups is 1. The van der Waals surface area contributed by atoms with Gasteiger partial charge in [-0.05, 0) is 29.8 Å². The molecule has 4 rings (SSSR count). The third-order valence-electron chi connectivity index (χ3n) is 3.93. The van der Waals surface area contributed by atoms with Crippen molar-refractivity contribution in [3.05, 3.63) is 82.7 Å². The van der Waals surface area contributed by atoms with Gasteiger partial charge in [-0.1, -0.05) is 42.5 Å². The van der Waals surface area contributed by atoms with E-state index in [1.54, 1.807) is 17.4 Å². The van der Waals surface area contributed by atoms with Gasteiger partial charge in [-0.3, -0.25) is 0 Å². The van der Waals surface area contributed by atoms with Crippen LogP contribution in [0.25, 0.3) is 16.5 Å². The van der Waals surface area contributed by atoms with Gasteiger partial charge in [0.15, 0.2) is 6.10 Å². The highest BCUT2D eigenvalue weighted by molar-refractivity contribution is 7.16. The molecule has 3 aromatic rings. The fraction of sp³-hybridized carbons (Fsp3) is 0.0500. The van der Waals surface area contributed by atoms with Gasteiger partial charge in [-0.2, -0.15) is 0 Å². The highest BCUT2D eigenvalue weighted by Crippen LogP contribution is 2.48. The van der Waals surface area contributed by atoms with E-state index in [4.69, 9.17) is 9.84 Å². The maximum absolute atomic E-state index is 10.8. The fourth-order valence-electron chi connectivity index (χ4n) is 2.89. The van der Waals surface area contributed by atoms with Crippen LogP contribution < -0.4 is 4.74 Å². The van der Waals surface area contributed by atoms with Gasteiger partial charge in [-0.25, -0.2) is 4.79 Å². The van der Waals surface area contributed by atoms with Crippen LogP contribution in [0.5, 0.6) is 5.75 Å². The molecule has 24 heavy (non-hydrogen) atoms. The Labute approximate surface area is 143 Å². The maximum Gasteiger partial charge on any atom is 0.328 e. The minimum atomic E-state index is -0.947. The van der Waals surface area contributed by atoms with Crippen molar-refractivity contribution in [1.29, 1.82) is 0 Å². The average Bonchev–Trinajstić information content (AvgIpc) is 3.04. The Morgan fingerprint density at radius 1 is 1.08 bits per heavy atom. The SMILES string of the molecule is O=C(O)C=Cc1cc2c(s1)-c1ccccc1OC2c1ccccc1. The smallest absolute Gasteiger partial charge is 0.328 e. The predicted octanol–water partition coefficient (Wildman–Crippen LogP) is 4.99. The van der Waals surface area contributed by atoms with Crippen LogP contribution in [0.1, 0.15) is 22.1 Å². The number of fused-ring (bicyclic) bond motifs is 3. The third kappa shape index (κ3) is 2.61. The van der Waals surface area contributed by atoms with E-state index in [1.807, 2.05) is 60.7 Å². The molecule has 0 saturated carbocycles. The molecule has 0 spiro atoms. The van der Waals surface area contributed by atoms with E-state index in [0.29, 0.717) is 0 Å². The molecule has 1 aromatic heterocycles. The molecule has 1 N–H and O–H groups in total. The minimum absolute atomic E-state index is 0.181. The zero-order valence-corrected chi connectivity index (χ0v) is 13.5. The van der Waals surface area contributed by atoms with E-state index >= 15 is 0 Å². The fourth-order valence-corrected chi connectivity index (χ4v) is 4.01. The number of carboxylic acid groups (broad SMARTS) is 1. The van der Waals surface area contributed by atoms with Gasteiger partial charge < -0.3 is 9.84 Å². The van der Waals surface area contributed by atoms with Gasteiger partial charge in [-0.15, -0.1) is 11.3 Å². The molecule has 0 saturated heterocycles. The van der Waals surface area contributed by atoms with Crippen LogP contribution in [-0.2, 0) is 4.79 Å². The van der Waals surface area contributed by atoms with E-state index in [2.05, 4.69) is 0 Å². The van der Waals surface area contributed by atoms with E-state index in [-0.39, 0.29) is 6.10 Å². The molecule has 0 fully saturated rings. The lowest BCUT2D eigenvalue weighted by atomic mass is 9.96. The second kappa shape index (κ2) is 5.98. The summed E-state index contributed by atoms with van der Waals surface area (Å²) in [6, 6.07) is 20.1. The zero-order valence-electron chi connectivity index (χ0n) is 12.7. The Balaban J connectivity index is 1.86. The second-order valence-electron chi connectivity index (χ2n) is 5.51. The van der Waals surface area contributed by atoms with Crippen LogP contribution >= 0.6 is 11.3 Å². The lowest BCUT2D eigenvalue weighted by Gasteiger charge is -2.26. The van der Waals surface area contributed by atoms with Crippen molar-refractivity contribution in [3.8, 4) is 16.2 Å². The van der Waals surface area contributed by atoms with Gasteiger partial charge in [0.05, 0.1) is 0 Å². The van der Waals surface area contributed by atoms with Crippen LogP contribution in [0.15, 0.2) is 66.7 Å². The number of ether oxygens (including phenoxy) is 1. The van der Waals surface area contributed by atoms with Crippen molar-refractivity contribution in [2.75, 3.05) is 0 Å². The van der Waals surface area contributed by atoms with Crippen LogP contribution in [0.4, 0.5) is 0 Å². The topological polar surface area (TPSA) is 46.5 Å². The molecular formula is C20H14O3S. The molecule has 0 aliphatic carbocycles. The molecule has 118 valence electrons. The third-order valence-corrected chi connectivity index (χ3v) is 5.08. The number of para-hydroxylation sites is 1. The number of hydrogen-bond donors (Lipinski definition) is 1. The van der Waals surface area contributed by atoms with E-state index in [1.165, 1.54) is 6.08 Å². The first-order valence-electron chi connectivity index (χ1n) is 7.58. The number of aliphatic carboxylic acids is 1. The molecule has 1 aliphatic heterocycles. The molecule has 1 atom stereocenters. The standard InChI is InChI=1S/C20H14O3S/c21-18(22)11-10-14-12-16-19(13-6-2-1-3-7-13)23-17-9-5-4-8-15(17)20(16)24-14/h1-12,19H,(H,21,22). The van der Waals surface area contributed by atoms with Crippen molar-refractivity contribution < 1.29 is 14.6 Å². The summed E-state index contributed by atoms with van der Waals surface area (Å²) in [5.41, 5.74) is 3.22. The molecule has 3 nitrogen and oxygen atoms in total. The molecule has 0 bridgehead atoms. The number of carboxylic acids is 1. The summed E-state index contributed by atoms with van der Waals surface area (Å²) in [6.07, 6.45) is 2.62. The minimum Gasteiger partial charge on any atom is -0.480 e. The normalized spacial score (nSPS) is 15.6. The number of thiophene rings is 1. The second-order valence-corrected chi connectivity index (χ2v) is 6.59. The van der Waals surface area contributed by atoms with Crippen molar-refractivity contribution in [2.24, 2.45) is 0 Å². The first-order chi connectivity index (χ1) is 11.7. The van der Waals surface area contributed by atoms with Crippen LogP contribution in [0.3, 0.4) is 0 Å². The maximum atomic E-state index is 10.8. The highest BCUT2D eigenvalue weighted by Gasteiger charge is 2.29. The summed E-state index contributed by atoms with van der Waals surface area (Å²) < 4.78 is 6.25. The number of rotatable bonds is 3. The Kier molecular flexibility index (Phi) is 3.67. The lowest BCUT2D eigenvalue weighted by molar-refractivity contribution is -0.131. The van der Waals surface area contributed by atoms with Gasteiger partial charge in [0.25, 0.3) is 0 Å². The van der Waals surface area contributed by atoms with Crippen LogP contribution in [0, 0.1) is 0 Å². The monoisotopic (exact) mass is 334 g/mol. The van der Waals surface area contributed by atoms with Crippen molar-refractivity contribution in [2.45, 2.75) is 6.10 Å². The summed E-state index contributed by atoms with van der Waals surface area (Å²) in [5, 5.41) is 8.86. The van der Waals surface area contributed by atoms with Gasteiger partial charge >= 0.3 is 5.97 Å². The Bertz CT molecular complexity index is 925. The van der Waals surface area contributed by atoms with Gasteiger partial charge in [0.2, 0.25) is 0 Å². The molecule has 4 heteroatoms.